The highest BCUT2D eigenvalue weighted by molar-refractivity contribution is 9.09. The summed E-state index contributed by atoms with van der Waals surface area (Å²) in [6.45, 7) is 0. The third-order valence-corrected chi connectivity index (χ3v) is 4.75. The molecule has 1 heterocycles. The van der Waals surface area contributed by atoms with Gasteiger partial charge in [0.1, 0.15) is 11.5 Å². The summed E-state index contributed by atoms with van der Waals surface area (Å²) in [6, 6.07) is 20.1. The first-order valence-corrected chi connectivity index (χ1v) is 8.18. The van der Waals surface area contributed by atoms with Crippen molar-refractivity contribution in [1.82, 2.24) is 0 Å². The second-order valence-electron chi connectivity index (χ2n) is 4.40. The number of hydrogen-bond donors (Lipinski definition) is 0. The van der Waals surface area contributed by atoms with E-state index in [4.69, 9.17) is 4.74 Å². The Kier molecular flexibility index (Phi) is 4.19. The first-order chi connectivity index (χ1) is 9.83. The fraction of sp³-hybridized carbons (Fsp3) is 0.0588. The van der Waals surface area contributed by atoms with E-state index in [1.54, 1.807) is 11.3 Å². The van der Waals surface area contributed by atoms with Crippen LogP contribution in [0.5, 0.6) is 11.5 Å². The molecular formula is C17H13BrOS. The predicted octanol–water partition coefficient (Wildman–Crippen LogP) is 6.02. The SMILES string of the molecule is BrC(c1ccc(Oc2ccccc2)cc1)c1ccsc1. The second kappa shape index (κ2) is 6.25. The minimum absolute atomic E-state index is 0.236. The summed E-state index contributed by atoms with van der Waals surface area (Å²) in [7, 11) is 0. The summed E-state index contributed by atoms with van der Waals surface area (Å²) in [6.07, 6.45) is 0. The molecule has 1 aromatic heterocycles. The summed E-state index contributed by atoms with van der Waals surface area (Å²) in [4.78, 5) is 0.236. The van der Waals surface area contributed by atoms with Crippen LogP contribution in [0.15, 0.2) is 71.4 Å². The molecule has 0 amide bonds. The number of para-hydroxylation sites is 1. The number of hydrogen-bond acceptors (Lipinski definition) is 2. The molecule has 0 spiro atoms. The van der Waals surface area contributed by atoms with Crippen LogP contribution in [0, 0.1) is 0 Å². The normalized spacial score (nSPS) is 12.1. The predicted molar refractivity (Wildman–Crippen MR) is 88.0 cm³/mol. The molecule has 1 atom stereocenters. The second-order valence-corrected chi connectivity index (χ2v) is 6.10. The lowest BCUT2D eigenvalue weighted by molar-refractivity contribution is 0.482. The van der Waals surface area contributed by atoms with Crippen LogP contribution in [0.4, 0.5) is 0 Å². The molecule has 0 fully saturated rings. The van der Waals surface area contributed by atoms with Crippen LogP contribution in [0.2, 0.25) is 0 Å². The first-order valence-electron chi connectivity index (χ1n) is 6.32. The van der Waals surface area contributed by atoms with Gasteiger partial charge >= 0.3 is 0 Å². The van der Waals surface area contributed by atoms with Crippen LogP contribution in [0.1, 0.15) is 16.0 Å². The van der Waals surface area contributed by atoms with Crippen molar-refractivity contribution >= 4 is 27.3 Å². The van der Waals surface area contributed by atoms with Crippen LogP contribution in [-0.2, 0) is 0 Å². The van der Waals surface area contributed by atoms with Gasteiger partial charge < -0.3 is 4.74 Å². The molecule has 0 aliphatic carbocycles. The van der Waals surface area contributed by atoms with E-state index >= 15 is 0 Å². The van der Waals surface area contributed by atoms with Gasteiger partial charge in [-0.25, -0.2) is 0 Å². The third-order valence-electron chi connectivity index (χ3n) is 2.99. The highest BCUT2D eigenvalue weighted by atomic mass is 79.9. The number of thiophene rings is 1. The smallest absolute Gasteiger partial charge is 0.127 e. The Morgan fingerprint density at radius 1 is 0.800 bits per heavy atom. The van der Waals surface area contributed by atoms with E-state index in [1.165, 1.54) is 11.1 Å². The molecule has 0 saturated carbocycles. The van der Waals surface area contributed by atoms with E-state index in [2.05, 4.69) is 44.9 Å². The Balaban J connectivity index is 1.75. The average molecular weight is 345 g/mol. The molecule has 1 unspecified atom stereocenters. The quantitative estimate of drug-likeness (QED) is 0.525. The zero-order valence-corrected chi connectivity index (χ0v) is 13.1. The molecule has 0 radical (unpaired) electrons. The van der Waals surface area contributed by atoms with Crippen molar-refractivity contribution in [2.75, 3.05) is 0 Å². The van der Waals surface area contributed by atoms with Crippen molar-refractivity contribution in [1.29, 1.82) is 0 Å². The van der Waals surface area contributed by atoms with Crippen LogP contribution in [0.25, 0.3) is 0 Å². The van der Waals surface area contributed by atoms with Crippen molar-refractivity contribution in [3.63, 3.8) is 0 Å². The zero-order chi connectivity index (χ0) is 13.8. The molecule has 0 aliphatic rings. The Bertz CT molecular complexity index is 647. The third kappa shape index (κ3) is 3.11. The topological polar surface area (TPSA) is 9.23 Å². The Morgan fingerprint density at radius 3 is 2.15 bits per heavy atom. The van der Waals surface area contributed by atoms with Gasteiger partial charge in [-0.15, -0.1) is 0 Å². The minimum atomic E-state index is 0.236. The Morgan fingerprint density at radius 2 is 1.50 bits per heavy atom. The lowest BCUT2D eigenvalue weighted by Gasteiger charge is -2.10. The molecule has 3 aromatic rings. The highest BCUT2D eigenvalue weighted by Crippen LogP contribution is 2.33. The average Bonchev–Trinajstić information content (AvgIpc) is 3.03. The lowest BCUT2D eigenvalue weighted by atomic mass is 10.1. The van der Waals surface area contributed by atoms with Crippen molar-refractivity contribution < 1.29 is 4.74 Å². The molecular weight excluding hydrogens is 332 g/mol. The van der Waals surface area contributed by atoms with Gasteiger partial charge in [0.15, 0.2) is 0 Å². The van der Waals surface area contributed by atoms with Crippen LogP contribution < -0.4 is 4.74 Å². The van der Waals surface area contributed by atoms with E-state index in [1.807, 2.05) is 42.5 Å². The molecule has 0 aliphatic heterocycles. The maximum absolute atomic E-state index is 5.79. The highest BCUT2D eigenvalue weighted by Gasteiger charge is 2.10. The Hall–Kier alpha value is -1.58. The van der Waals surface area contributed by atoms with E-state index in [0.29, 0.717) is 0 Å². The number of alkyl halides is 1. The van der Waals surface area contributed by atoms with Crippen molar-refractivity contribution in [3.05, 3.63) is 82.6 Å². The first kappa shape index (κ1) is 13.4. The van der Waals surface area contributed by atoms with Gasteiger partial charge in [0, 0.05) is 0 Å². The molecule has 1 nitrogen and oxygen atoms in total. The molecule has 3 heteroatoms. The van der Waals surface area contributed by atoms with Gasteiger partial charge in [-0.2, -0.15) is 11.3 Å². The van der Waals surface area contributed by atoms with Crippen molar-refractivity contribution in [2.45, 2.75) is 4.83 Å². The largest absolute Gasteiger partial charge is 0.457 e. The van der Waals surface area contributed by atoms with Gasteiger partial charge in [-0.3, -0.25) is 0 Å². The monoisotopic (exact) mass is 344 g/mol. The van der Waals surface area contributed by atoms with E-state index < -0.39 is 0 Å². The molecule has 100 valence electrons. The molecule has 0 bridgehead atoms. The number of rotatable bonds is 4. The van der Waals surface area contributed by atoms with E-state index in [-0.39, 0.29) is 4.83 Å². The van der Waals surface area contributed by atoms with Gasteiger partial charge in [-0.05, 0) is 52.2 Å². The van der Waals surface area contributed by atoms with Gasteiger partial charge in [0.05, 0.1) is 4.83 Å². The summed E-state index contributed by atoms with van der Waals surface area (Å²) in [5.41, 5.74) is 2.51. The van der Waals surface area contributed by atoms with Gasteiger partial charge in [0.2, 0.25) is 0 Å². The van der Waals surface area contributed by atoms with Gasteiger partial charge in [0.25, 0.3) is 0 Å². The minimum Gasteiger partial charge on any atom is -0.457 e. The zero-order valence-electron chi connectivity index (χ0n) is 10.7. The summed E-state index contributed by atoms with van der Waals surface area (Å²) in [5.74, 6) is 1.71. The molecule has 0 saturated heterocycles. The van der Waals surface area contributed by atoms with Crippen molar-refractivity contribution in [2.24, 2.45) is 0 Å². The van der Waals surface area contributed by atoms with Crippen molar-refractivity contribution in [3.8, 4) is 11.5 Å². The molecule has 20 heavy (non-hydrogen) atoms. The summed E-state index contributed by atoms with van der Waals surface area (Å²) in [5, 5.41) is 4.25. The van der Waals surface area contributed by atoms with Crippen LogP contribution >= 0.6 is 27.3 Å². The number of halogens is 1. The maximum Gasteiger partial charge on any atom is 0.127 e. The lowest BCUT2D eigenvalue weighted by Crippen LogP contribution is -1.91. The fourth-order valence-corrected chi connectivity index (χ4v) is 3.39. The number of ether oxygens (including phenoxy) is 1. The fourth-order valence-electron chi connectivity index (χ4n) is 1.94. The molecule has 2 aromatic carbocycles. The summed E-state index contributed by atoms with van der Waals surface area (Å²) >= 11 is 5.44. The Labute approximate surface area is 131 Å². The van der Waals surface area contributed by atoms with Crippen LogP contribution in [0.3, 0.4) is 0 Å². The maximum atomic E-state index is 5.79. The van der Waals surface area contributed by atoms with Gasteiger partial charge in [-0.1, -0.05) is 46.3 Å². The standard InChI is InChI=1S/C17H13BrOS/c18-17(14-10-11-20-12-14)13-6-8-16(9-7-13)19-15-4-2-1-3-5-15/h1-12,17H. The van der Waals surface area contributed by atoms with E-state index in [9.17, 15) is 0 Å². The molecule has 3 rings (SSSR count). The molecule has 0 N–H and O–H groups in total. The van der Waals surface area contributed by atoms with E-state index in [0.717, 1.165) is 11.5 Å². The summed E-state index contributed by atoms with van der Waals surface area (Å²) < 4.78 is 5.79. The van der Waals surface area contributed by atoms with Crippen LogP contribution in [-0.4, -0.2) is 0 Å². The number of benzene rings is 2.